The highest BCUT2D eigenvalue weighted by Gasteiger charge is 2.42. The molecule has 0 aromatic heterocycles. The number of hydrogen-bond acceptors (Lipinski definition) is 4. The summed E-state index contributed by atoms with van der Waals surface area (Å²) >= 11 is 0. The first-order chi connectivity index (χ1) is 9.53. The molecule has 2 fully saturated rings. The van der Waals surface area contributed by atoms with Gasteiger partial charge in [-0.15, -0.1) is 0 Å². The first-order valence-electron chi connectivity index (χ1n) is 7.10. The Morgan fingerprint density at radius 3 is 2.50 bits per heavy atom. The highest BCUT2D eigenvalue weighted by molar-refractivity contribution is 5.86. The summed E-state index contributed by atoms with van der Waals surface area (Å²) in [7, 11) is 2.03. The van der Waals surface area contributed by atoms with Gasteiger partial charge in [-0.25, -0.2) is 9.59 Å². The monoisotopic (exact) mass is 285 g/mol. The molecule has 2 heterocycles. The average Bonchev–Trinajstić information content (AvgIpc) is 2.64. The smallest absolute Gasteiger partial charge is 0.329 e. The van der Waals surface area contributed by atoms with E-state index >= 15 is 0 Å². The summed E-state index contributed by atoms with van der Waals surface area (Å²) in [6.07, 6.45) is 1.55. The largest absolute Gasteiger partial charge is 0.480 e. The Balaban J connectivity index is 1.99. The fourth-order valence-electron chi connectivity index (χ4n) is 2.65. The number of carboxylic acid groups (broad SMARTS) is 1. The Kier molecular flexibility index (Phi) is 4.82. The lowest BCUT2D eigenvalue weighted by molar-refractivity contribution is -0.148. The van der Waals surface area contributed by atoms with Crippen LogP contribution < -0.4 is 5.32 Å². The van der Waals surface area contributed by atoms with E-state index in [2.05, 4.69) is 10.2 Å². The minimum atomic E-state index is -1.17. The molecule has 0 aliphatic carbocycles. The number of urea groups is 1. The third-order valence-corrected chi connectivity index (χ3v) is 4.11. The van der Waals surface area contributed by atoms with Crippen LogP contribution in [0.2, 0.25) is 0 Å². The van der Waals surface area contributed by atoms with Gasteiger partial charge in [0.2, 0.25) is 0 Å². The predicted octanol–water partition coefficient (Wildman–Crippen LogP) is -0.0327. The molecule has 2 aliphatic heterocycles. The van der Waals surface area contributed by atoms with Crippen LogP contribution in [-0.4, -0.2) is 78.9 Å². The number of amides is 2. The van der Waals surface area contributed by atoms with Crippen molar-refractivity contribution in [1.29, 1.82) is 0 Å². The third-order valence-electron chi connectivity index (χ3n) is 4.11. The predicted molar refractivity (Wildman–Crippen MR) is 72.6 cm³/mol. The molecule has 0 unspecified atom stereocenters. The maximum atomic E-state index is 12.3. The number of rotatable bonds is 2. The summed E-state index contributed by atoms with van der Waals surface area (Å²) < 4.78 is 5.20. The molecule has 2 N–H and O–H groups in total. The topological polar surface area (TPSA) is 82.1 Å². The van der Waals surface area contributed by atoms with Gasteiger partial charge >= 0.3 is 12.0 Å². The van der Waals surface area contributed by atoms with Gasteiger partial charge < -0.3 is 25.0 Å². The molecule has 20 heavy (non-hydrogen) atoms. The quantitative estimate of drug-likeness (QED) is 0.744. The maximum absolute atomic E-state index is 12.3. The zero-order valence-corrected chi connectivity index (χ0v) is 11.9. The Morgan fingerprint density at radius 1 is 1.15 bits per heavy atom. The zero-order chi connectivity index (χ0) is 14.6. The molecule has 7 heteroatoms. The van der Waals surface area contributed by atoms with Crippen molar-refractivity contribution in [1.82, 2.24) is 15.1 Å². The fraction of sp³-hybridized carbons (Fsp3) is 0.846. The van der Waals surface area contributed by atoms with Crippen LogP contribution in [0, 0.1) is 0 Å². The molecule has 7 nitrogen and oxygen atoms in total. The van der Waals surface area contributed by atoms with Crippen molar-refractivity contribution in [2.75, 3.05) is 46.4 Å². The van der Waals surface area contributed by atoms with Crippen LogP contribution in [0.15, 0.2) is 0 Å². The highest BCUT2D eigenvalue weighted by atomic mass is 16.5. The lowest BCUT2D eigenvalue weighted by atomic mass is 9.90. The second kappa shape index (κ2) is 6.41. The summed E-state index contributed by atoms with van der Waals surface area (Å²) in [4.78, 5) is 27.7. The van der Waals surface area contributed by atoms with Crippen molar-refractivity contribution in [3.63, 3.8) is 0 Å². The first kappa shape index (κ1) is 15.1. The third kappa shape index (κ3) is 3.40. The SMILES string of the molecule is CN1CCCN(C(=O)NC2(C(=O)O)CCOCC2)CC1. The molecule has 0 radical (unpaired) electrons. The second-order valence-electron chi connectivity index (χ2n) is 5.57. The van der Waals surface area contributed by atoms with E-state index in [1.807, 2.05) is 7.05 Å². The van der Waals surface area contributed by atoms with Crippen LogP contribution in [0.3, 0.4) is 0 Å². The van der Waals surface area contributed by atoms with Gasteiger partial charge in [-0.1, -0.05) is 0 Å². The van der Waals surface area contributed by atoms with Crippen molar-refractivity contribution in [3.8, 4) is 0 Å². The minimum Gasteiger partial charge on any atom is -0.480 e. The molecular formula is C13H23N3O4. The van der Waals surface area contributed by atoms with Crippen LogP contribution in [0.4, 0.5) is 4.79 Å². The number of likely N-dealkylation sites (N-methyl/N-ethyl adjacent to an activating group) is 1. The summed E-state index contributed by atoms with van der Waals surface area (Å²) in [5.41, 5.74) is -1.17. The number of ether oxygens (including phenoxy) is 1. The number of carbonyl (C=O) groups is 2. The molecule has 0 aromatic rings. The second-order valence-corrected chi connectivity index (χ2v) is 5.57. The Bertz CT molecular complexity index is 369. The fourth-order valence-corrected chi connectivity index (χ4v) is 2.65. The summed E-state index contributed by atoms with van der Waals surface area (Å²) in [6, 6.07) is -0.274. The number of hydrogen-bond donors (Lipinski definition) is 2. The van der Waals surface area contributed by atoms with E-state index in [1.54, 1.807) is 4.90 Å². The first-order valence-corrected chi connectivity index (χ1v) is 7.10. The van der Waals surface area contributed by atoms with E-state index in [9.17, 15) is 14.7 Å². The van der Waals surface area contributed by atoms with E-state index in [4.69, 9.17) is 4.74 Å². The number of aliphatic carboxylic acids is 1. The molecule has 2 rings (SSSR count). The van der Waals surface area contributed by atoms with Crippen LogP contribution in [0.1, 0.15) is 19.3 Å². The molecular weight excluding hydrogens is 262 g/mol. The van der Waals surface area contributed by atoms with Crippen LogP contribution in [0.5, 0.6) is 0 Å². The van der Waals surface area contributed by atoms with Gasteiger partial charge in [-0.2, -0.15) is 0 Å². The summed E-state index contributed by atoms with van der Waals surface area (Å²) in [5.74, 6) is -0.971. The molecule has 2 amide bonds. The molecule has 0 aromatic carbocycles. The van der Waals surface area contributed by atoms with Crippen LogP contribution in [-0.2, 0) is 9.53 Å². The number of carbonyl (C=O) groups excluding carboxylic acids is 1. The number of nitrogens with zero attached hydrogens (tertiary/aromatic N) is 2. The zero-order valence-electron chi connectivity index (χ0n) is 11.9. The number of carboxylic acids is 1. The van der Waals surface area contributed by atoms with E-state index in [0.717, 1.165) is 19.5 Å². The van der Waals surface area contributed by atoms with Crippen molar-refractivity contribution in [2.45, 2.75) is 24.8 Å². The maximum Gasteiger partial charge on any atom is 0.329 e. The van der Waals surface area contributed by atoms with E-state index in [-0.39, 0.29) is 6.03 Å². The molecule has 0 saturated carbocycles. The number of nitrogens with one attached hydrogen (secondary N) is 1. The van der Waals surface area contributed by atoms with E-state index in [1.165, 1.54) is 0 Å². The minimum absolute atomic E-state index is 0.274. The van der Waals surface area contributed by atoms with Gasteiger partial charge in [-0.05, 0) is 20.0 Å². The van der Waals surface area contributed by atoms with Gasteiger partial charge in [0.15, 0.2) is 0 Å². The normalized spacial score (nSPS) is 23.9. The molecule has 114 valence electrons. The van der Waals surface area contributed by atoms with Gasteiger partial charge in [0.25, 0.3) is 0 Å². The summed E-state index contributed by atoms with van der Waals surface area (Å²) in [6.45, 7) is 3.82. The van der Waals surface area contributed by atoms with E-state index in [0.29, 0.717) is 39.1 Å². The van der Waals surface area contributed by atoms with Crippen LogP contribution >= 0.6 is 0 Å². The molecule has 2 aliphatic rings. The van der Waals surface area contributed by atoms with Crippen LogP contribution in [0.25, 0.3) is 0 Å². The van der Waals surface area contributed by atoms with Gasteiger partial charge in [0.05, 0.1) is 0 Å². The van der Waals surface area contributed by atoms with Gasteiger partial charge in [0.1, 0.15) is 5.54 Å². The van der Waals surface area contributed by atoms with Crippen molar-refractivity contribution in [2.24, 2.45) is 0 Å². The Labute approximate surface area is 118 Å². The van der Waals surface area contributed by atoms with E-state index < -0.39 is 11.5 Å². The Hall–Kier alpha value is -1.34. The molecule has 0 bridgehead atoms. The average molecular weight is 285 g/mol. The highest BCUT2D eigenvalue weighted by Crippen LogP contribution is 2.21. The standard InChI is InChI=1S/C13H23N3O4/c1-15-5-2-6-16(8-7-15)12(19)14-13(11(17)18)3-9-20-10-4-13/h2-10H2,1H3,(H,14,19)(H,17,18). The molecule has 0 atom stereocenters. The Morgan fingerprint density at radius 2 is 1.85 bits per heavy atom. The van der Waals surface area contributed by atoms with Gasteiger partial charge in [-0.3, -0.25) is 0 Å². The van der Waals surface area contributed by atoms with Crippen molar-refractivity contribution >= 4 is 12.0 Å². The molecule has 2 saturated heterocycles. The lowest BCUT2D eigenvalue weighted by Gasteiger charge is -2.35. The van der Waals surface area contributed by atoms with Gasteiger partial charge in [0, 0.05) is 45.7 Å². The lowest BCUT2D eigenvalue weighted by Crippen LogP contribution is -2.60. The van der Waals surface area contributed by atoms with Crippen molar-refractivity contribution in [3.05, 3.63) is 0 Å². The summed E-state index contributed by atoms with van der Waals surface area (Å²) in [5, 5.41) is 12.2. The molecule has 0 spiro atoms. The van der Waals surface area contributed by atoms with Crippen molar-refractivity contribution < 1.29 is 19.4 Å².